The number of para-hydroxylation sites is 1. The smallest absolute Gasteiger partial charge is 0.180 e. The van der Waals surface area contributed by atoms with Gasteiger partial charge in [0.2, 0.25) is 0 Å². The van der Waals surface area contributed by atoms with Crippen LogP contribution in [0, 0.1) is 0 Å². The fourth-order valence-corrected chi connectivity index (χ4v) is 1.93. The second kappa shape index (κ2) is 9.25. The number of rotatable bonds is 9. The molecule has 0 aliphatic heterocycles. The van der Waals surface area contributed by atoms with E-state index in [1.807, 2.05) is 30.3 Å². The summed E-state index contributed by atoms with van der Waals surface area (Å²) in [5, 5.41) is 11.9. The molecule has 3 N–H and O–H groups in total. The number of hydrogen-bond donors (Lipinski definition) is 2. The third kappa shape index (κ3) is 6.13. The Balaban J connectivity index is 2.44. The highest BCUT2D eigenvalue weighted by Crippen LogP contribution is 2.15. The Morgan fingerprint density at radius 3 is 2.53 bits per heavy atom. The van der Waals surface area contributed by atoms with Crippen LogP contribution in [0.4, 0.5) is 0 Å². The zero-order valence-corrected chi connectivity index (χ0v) is 11.6. The lowest BCUT2D eigenvalue weighted by Gasteiger charge is -2.17. The number of unbranched alkanes of at least 4 members (excludes halogenated alkanes) is 4. The minimum Gasteiger partial charge on any atom is -0.482 e. The van der Waals surface area contributed by atoms with E-state index in [1.165, 1.54) is 19.3 Å². The standard InChI is InChI=1S/C15H24N2O2/c1-2-3-4-5-9-12-14(15(16)17-18)19-13-10-7-6-8-11-13/h6-8,10-11,14,18H,2-5,9,12H2,1H3,(H2,16,17). The molecule has 0 heterocycles. The van der Waals surface area contributed by atoms with Gasteiger partial charge < -0.3 is 15.7 Å². The lowest BCUT2D eigenvalue weighted by Crippen LogP contribution is -2.34. The van der Waals surface area contributed by atoms with Gasteiger partial charge >= 0.3 is 0 Å². The van der Waals surface area contributed by atoms with E-state index in [4.69, 9.17) is 15.7 Å². The van der Waals surface area contributed by atoms with E-state index >= 15 is 0 Å². The van der Waals surface area contributed by atoms with Crippen LogP contribution in [-0.4, -0.2) is 17.1 Å². The topological polar surface area (TPSA) is 67.8 Å². The zero-order chi connectivity index (χ0) is 13.9. The quantitative estimate of drug-likeness (QED) is 0.236. The lowest BCUT2D eigenvalue weighted by molar-refractivity contribution is 0.237. The van der Waals surface area contributed by atoms with E-state index in [0.29, 0.717) is 0 Å². The molecule has 0 aliphatic rings. The molecular formula is C15H24N2O2. The van der Waals surface area contributed by atoms with Gasteiger partial charge in [-0.05, 0) is 25.0 Å². The maximum atomic E-state index is 8.81. The van der Waals surface area contributed by atoms with Crippen LogP contribution in [0.25, 0.3) is 0 Å². The monoisotopic (exact) mass is 264 g/mol. The number of amidine groups is 1. The maximum absolute atomic E-state index is 8.81. The van der Waals surface area contributed by atoms with Gasteiger partial charge in [0.1, 0.15) is 5.75 Å². The largest absolute Gasteiger partial charge is 0.482 e. The van der Waals surface area contributed by atoms with Crippen LogP contribution < -0.4 is 10.5 Å². The first-order valence-electron chi connectivity index (χ1n) is 6.97. The minimum atomic E-state index is -0.353. The van der Waals surface area contributed by atoms with Gasteiger partial charge in [0.05, 0.1) is 0 Å². The zero-order valence-electron chi connectivity index (χ0n) is 11.6. The van der Waals surface area contributed by atoms with E-state index in [-0.39, 0.29) is 11.9 Å². The van der Waals surface area contributed by atoms with E-state index in [0.717, 1.165) is 25.0 Å². The van der Waals surface area contributed by atoms with Crippen molar-refractivity contribution in [3.63, 3.8) is 0 Å². The molecular weight excluding hydrogens is 240 g/mol. The molecule has 0 fully saturated rings. The van der Waals surface area contributed by atoms with Crippen LogP contribution in [0.15, 0.2) is 35.5 Å². The van der Waals surface area contributed by atoms with Crippen molar-refractivity contribution in [3.8, 4) is 5.75 Å². The molecule has 0 radical (unpaired) electrons. The molecule has 1 aromatic rings. The molecule has 0 spiro atoms. The second-order valence-electron chi connectivity index (χ2n) is 4.65. The fraction of sp³-hybridized carbons (Fsp3) is 0.533. The molecule has 1 unspecified atom stereocenters. The molecule has 0 bridgehead atoms. The van der Waals surface area contributed by atoms with Crippen LogP contribution in [0.5, 0.6) is 5.75 Å². The van der Waals surface area contributed by atoms with Crippen LogP contribution in [0.2, 0.25) is 0 Å². The fourth-order valence-electron chi connectivity index (χ4n) is 1.93. The third-order valence-electron chi connectivity index (χ3n) is 3.04. The molecule has 19 heavy (non-hydrogen) atoms. The van der Waals surface area contributed by atoms with Crippen LogP contribution in [0.1, 0.15) is 45.4 Å². The first-order chi connectivity index (χ1) is 9.27. The van der Waals surface area contributed by atoms with E-state index in [2.05, 4.69) is 12.1 Å². The lowest BCUT2D eigenvalue weighted by atomic mass is 10.1. The highest BCUT2D eigenvalue weighted by Gasteiger charge is 2.15. The average molecular weight is 264 g/mol. The van der Waals surface area contributed by atoms with Gasteiger partial charge in [-0.15, -0.1) is 0 Å². The van der Waals surface area contributed by atoms with E-state index in [1.54, 1.807) is 0 Å². The van der Waals surface area contributed by atoms with Crippen molar-refractivity contribution in [2.45, 2.75) is 51.6 Å². The molecule has 0 aromatic heterocycles. The number of nitrogens with two attached hydrogens (primary N) is 1. The summed E-state index contributed by atoms with van der Waals surface area (Å²) in [6.07, 6.45) is 6.31. The Kier molecular flexibility index (Phi) is 7.47. The van der Waals surface area contributed by atoms with E-state index < -0.39 is 0 Å². The van der Waals surface area contributed by atoms with Gasteiger partial charge in [-0.1, -0.05) is 56.0 Å². The number of nitrogens with zero attached hydrogens (tertiary/aromatic N) is 1. The number of oxime groups is 1. The Hall–Kier alpha value is -1.71. The molecule has 0 aliphatic carbocycles. The summed E-state index contributed by atoms with van der Waals surface area (Å²) < 4.78 is 5.76. The summed E-state index contributed by atoms with van der Waals surface area (Å²) in [6.45, 7) is 2.19. The van der Waals surface area contributed by atoms with Gasteiger partial charge in [0.25, 0.3) is 0 Å². The first kappa shape index (κ1) is 15.3. The van der Waals surface area contributed by atoms with Crippen molar-refractivity contribution < 1.29 is 9.94 Å². The van der Waals surface area contributed by atoms with Crippen LogP contribution in [0.3, 0.4) is 0 Å². The minimum absolute atomic E-state index is 0.138. The number of benzene rings is 1. The summed E-state index contributed by atoms with van der Waals surface area (Å²) >= 11 is 0. The summed E-state index contributed by atoms with van der Waals surface area (Å²) in [4.78, 5) is 0. The van der Waals surface area contributed by atoms with Crippen molar-refractivity contribution in [1.29, 1.82) is 0 Å². The van der Waals surface area contributed by atoms with Gasteiger partial charge in [0, 0.05) is 0 Å². The summed E-state index contributed by atoms with van der Waals surface area (Å²) in [7, 11) is 0. The Morgan fingerprint density at radius 2 is 1.89 bits per heavy atom. The Bertz CT molecular complexity index is 366. The predicted octanol–water partition coefficient (Wildman–Crippen LogP) is 3.54. The molecule has 0 saturated heterocycles. The van der Waals surface area contributed by atoms with Gasteiger partial charge in [-0.25, -0.2) is 0 Å². The van der Waals surface area contributed by atoms with Crippen molar-refractivity contribution in [2.75, 3.05) is 0 Å². The van der Waals surface area contributed by atoms with Crippen molar-refractivity contribution >= 4 is 5.84 Å². The summed E-state index contributed by atoms with van der Waals surface area (Å²) in [5.74, 6) is 0.881. The highest BCUT2D eigenvalue weighted by molar-refractivity contribution is 5.84. The highest BCUT2D eigenvalue weighted by atomic mass is 16.5. The SMILES string of the molecule is CCCCCCCC(Oc1ccccc1)C(N)=NO. The molecule has 4 nitrogen and oxygen atoms in total. The Morgan fingerprint density at radius 1 is 1.21 bits per heavy atom. The Labute approximate surface area is 115 Å². The van der Waals surface area contributed by atoms with Crippen LogP contribution in [-0.2, 0) is 0 Å². The van der Waals surface area contributed by atoms with Crippen molar-refractivity contribution in [3.05, 3.63) is 30.3 Å². The molecule has 106 valence electrons. The van der Waals surface area contributed by atoms with E-state index in [9.17, 15) is 0 Å². The molecule has 0 amide bonds. The molecule has 0 saturated carbocycles. The maximum Gasteiger partial charge on any atom is 0.180 e. The van der Waals surface area contributed by atoms with Crippen LogP contribution >= 0.6 is 0 Å². The molecule has 4 heteroatoms. The molecule has 1 aromatic carbocycles. The molecule has 1 atom stereocenters. The normalized spacial score (nSPS) is 13.2. The summed E-state index contributed by atoms with van der Waals surface area (Å²) in [6, 6.07) is 9.47. The summed E-state index contributed by atoms with van der Waals surface area (Å²) in [5.41, 5.74) is 5.68. The van der Waals surface area contributed by atoms with Gasteiger partial charge in [0.15, 0.2) is 11.9 Å². The number of hydrogen-bond acceptors (Lipinski definition) is 3. The average Bonchev–Trinajstić information content (AvgIpc) is 2.46. The van der Waals surface area contributed by atoms with Crippen molar-refractivity contribution in [2.24, 2.45) is 10.9 Å². The predicted molar refractivity (Wildman–Crippen MR) is 77.6 cm³/mol. The second-order valence-corrected chi connectivity index (χ2v) is 4.65. The van der Waals surface area contributed by atoms with Gasteiger partial charge in [-0.3, -0.25) is 0 Å². The first-order valence-corrected chi connectivity index (χ1v) is 6.97. The van der Waals surface area contributed by atoms with Gasteiger partial charge in [-0.2, -0.15) is 0 Å². The third-order valence-corrected chi connectivity index (χ3v) is 3.04. The molecule has 1 rings (SSSR count). The number of ether oxygens (including phenoxy) is 1. The van der Waals surface area contributed by atoms with Crippen molar-refractivity contribution in [1.82, 2.24) is 0 Å².